The van der Waals surface area contributed by atoms with Crippen molar-refractivity contribution in [3.05, 3.63) is 33.7 Å². The number of nitrogens with zero attached hydrogens (tertiary/aromatic N) is 1. The third kappa shape index (κ3) is 2.77. The Kier molecular flexibility index (Phi) is 3.61. The predicted molar refractivity (Wildman–Crippen MR) is 76.9 cm³/mol. The molecule has 1 aliphatic carbocycles. The zero-order chi connectivity index (χ0) is 14.1. The number of nitrogens with one attached hydrogen (secondary N) is 2. The number of hydrogen-bond donors (Lipinski definition) is 2. The van der Waals surface area contributed by atoms with Crippen LogP contribution >= 0.6 is 0 Å². The van der Waals surface area contributed by atoms with Crippen molar-refractivity contribution < 1.29 is 4.79 Å². The van der Waals surface area contributed by atoms with E-state index in [4.69, 9.17) is 0 Å². The minimum atomic E-state index is -0.158. The average molecular weight is 275 g/mol. The number of aromatic nitrogens is 1. The van der Waals surface area contributed by atoms with Crippen molar-refractivity contribution >= 4 is 5.91 Å². The van der Waals surface area contributed by atoms with Crippen LogP contribution in [0, 0.1) is 6.92 Å². The molecule has 1 amide bonds. The fourth-order valence-corrected chi connectivity index (χ4v) is 2.89. The first-order valence-corrected chi connectivity index (χ1v) is 7.39. The summed E-state index contributed by atoms with van der Waals surface area (Å²) in [5.74, 6) is 0.0509. The molecule has 0 bridgehead atoms. The Morgan fingerprint density at radius 2 is 2.20 bits per heavy atom. The first-order valence-electron chi connectivity index (χ1n) is 7.39. The highest BCUT2D eigenvalue weighted by Gasteiger charge is 2.35. The number of hydrogen-bond acceptors (Lipinski definition) is 3. The van der Waals surface area contributed by atoms with Gasteiger partial charge in [0.1, 0.15) is 0 Å². The molecule has 0 spiro atoms. The molecule has 2 aliphatic rings. The molecule has 5 nitrogen and oxygen atoms in total. The van der Waals surface area contributed by atoms with Gasteiger partial charge in [0, 0.05) is 30.9 Å². The van der Waals surface area contributed by atoms with E-state index in [0.29, 0.717) is 17.6 Å². The summed E-state index contributed by atoms with van der Waals surface area (Å²) in [5.41, 5.74) is 1.22. The van der Waals surface area contributed by atoms with E-state index in [9.17, 15) is 9.59 Å². The molecule has 2 N–H and O–H groups in total. The molecular formula is C15H21N3O2. The molecule has 1 aromatic heterocycles. The summed E-state index contributed by atoms with van der Waals surface area (Å²) in [4.78, 5) is 28.6. The van der Waals surface area contributed by atoms with E-state index < -0.39 is 0 Å². The van der Waals surface area contributed by atoms with Crippen molar-refractivity contribution in [2.45, 2.75) is 44.7 Å². The first kappa shape index (κ1) is 13.4. The van der Waals surface area contributed by atoms with Gasteiger partial charge in [0.2, 0.25) is 5.56 Å². The lowest BCUT2D eigenvalue weighted by atomic mass is 10.1. The summed E-state index contributed by atoms with van der Waals surface area (Å²) < 4.78 is 0. The zero-order valence-corrected chi connectivity index (χ0v) is 11.8. The van der Waals surface area contributed by atoms with Crippen molar-refractivity contribution in [3.8, 4) is 0 Å². The Hall–Kier alpha value is -1.62. The van der Waals surface area contributed by atoms with Crippen molar-refractivity contribution in [1.29, 1.82) is 0 Å². The predicted octanol–water partition coefficient (Wildman–Crippen LogP) is 1.04. The van der Waals surface area contributed by atoms with E-state index in [-0.39, 0.29) is 11.5 Å². The van der Waals surface area contributed by atoms with Crippen LogP contribution in [0.2, 0.25) is 0 Å². The van der Waals surface area contributed by atoms with Crippen LogP contribution in [0.15, 0.2) is 17.1 Å². The lowest BCUT2D eigenvalue weighted by Crippen LogP contribution is -2.42. The van der Waals surface area contributed by atoms with Crippen molar-refractivity contribution in [1.82, 2.24) is 15.2 Å². The molecule has 0 unspecified atom stereocenters. The van der Waals surface area contributed by atoms with Crippen LogP contribution in [0.3, 0.4) is 0 Å². The summed E-state index contributed by atoms with van der Waals surface area (Å²) in [6, 6.07) is 2.30. The first-order chi connectivity index (χ1) is 9.65. The largest absolute Gasteiger partial charge is 0.334 e. The van der Waals surface area contributed by atoms with Gasteiger partial charge in [0.25, 0.3) is 5.91 Å². The van der Waals surface area contributed by atoms with Gasteiger partial charge in [0.05, 0.1) is 5.56 Å². The number of aromatic amines is 1. The molecule has 0 radical (unpaired) electrons. The van der Waals surface area contributed by atoms with E-state index in [1.165, 1.54) is 12.5 Å². The second-order valence-electron chi connectivity index (χ2n) is 5.88. The van der Waals surface area contributed by atoms with Crippen LogP contribution in [-0.4, -0.2) is 41.0 Å². The summed E-state index contributed by atoms with van der Waals surface area (Å²) in [6.07, 6.45) is 6.08. The smallest absolute Gasteiger partial charge is 0.255 e. The molecule has 20 heavy (non-hydrogen) atoms. The van der Waals surface area contributed by atoms with Gasteiger partial charge in [-0.2, -0.15) is 0 Å². The summed E-state index contributed by atoms with van der Waals surface area (Å²) in [7, 11) is 0. The minimum absolute atomic E-state index is 0.0509. The summed E-state index contributed by atoms with van der Waals surface area (Å²) in [5, 5.41) is 3.45. The normalized spacial score (nSPS) is 21.9. The Morgan fingerprint density at radius 1 is 1.40 bits per heavy atom. The van der Waals surface area contributed by atoms with Gasteiger partial charge in [0.15, 0.2) is 0 Å². The van der Waals surface area contributed by atoms with E-state index >= 15 is 0 Å². The SMILES string of the molecule is Cc1cc(=O)[nH]cc1C(=O)N(C[C@@H]1CCCN1)C1CC1. The van der Waals surface area contributed by atoms with Crippen LogP contribution in [0.5, 0.6) is 0 Å². The third-order valence-electron chi connectivity index (χ3n) is 4.19. The minimum Gasteiger partial charge on any atom is -0.334 e. The van der Waals surface area contributed by atoms with E-state index in [1.54, 1.807) is 6.20 Å². The van der Waals surface area contributed by atoms with Crippen LogP contribution in [0.4, 0.5) is 0 Å². The molecule has 3 rings (SSSR count). The number of H-pyrrole nitrogens is 1. The Bertz CT molecular complexity index is 556. The molecule has 1 atom stereocenters. The van der Waals surface area contributed by atoms with Gasteiger partial charge in [-0.05, 0) is 44.7 Å². The monoisotopic (exact) mass is 275 g/mol. The molecule has 1 saturated carbocycles. The molecule has 5 heteroatoms. The van der Waals surface area contributed by atoms with Gasteiger partial charge in [-0.3, -0.25) is 9.59 Å². The van der Waals surface area contributed by atoms with Crippen molar-refractivity contribution in [3.63, 3.8) is 0 Å². The highest BCUT2D eigenvalue weighted by molar-refractivity contribution is 5.95. The van der Waals surface area contributed by atoms with Crippen LogP contribution in [0.1, 0.15) is 41.6 Å². The Labute approximate surface area is 118 Å². The Morgan fingerprint density at radius 3 is 2.80 bits per heavy atom. The maximum atomic E-state index is 12.7. The second-order valence-corrected chi connectivity index (χ2v) is 5.88. The number of pyridine rings is 1. The average Bonchev–Trinajstić information content (AvgIpc) is 3.12. The molecule has 2 fully saturated rings. The number of amides is 1. The number of rotatable bonds is 4. The van der Waals surface area contributed by atoms with Crippen LogP contribution in [-0.2, 0) is 0 Å². The lowest BCUT2D eigenvalue weighted by Gasteiger charge is -2.26. The van der Waals surface area contributed by atoms with E-state index in [0.717, 1.165) is 37.9 Å². The quantitative estimate of drug-likeness (QED) is 0.863. The number of carbonyl (C=O) groups excluding carboxylic acids is 1. The zero-order valence-electron chi connectivity index (χ0n) is 11.8. The molecule has 1 aromatic rings. The van der Waals surface area contributed by atoms with Gasteiger partial charge >= 0.3 is 0 Å². The van der Waals surface area contributed by atoms with Gasteiger partial charge in [-0.25, -0.2) is 0 Å². The topological polar surface area (TPSA) is 65.2 Å². The number of carbonyl (C=O) groups is 1. The molecule has 1 aliphatic heterocycles. The fraction of sp³-hybridized carbons (Fsp3) is 0.600. The molecule has 108 valence electrons. The van der Waals surface area contributed by atoms with Gasteiger partial charge in [-0.15, -0.1) is 0 Å². The molecule has 2 heterocycles. The highest BCUT2D eigenvalue weighted by atomic mass is 16.2. The standard InChI is InChI=1S/C15H21N3O2/c1-10-7-14(19)17-8-13(10)15(20)18(12-4-5-12)9-11-3-2-6-16-11/h7-8,11-12,16H,2-6,9H2,1H3,(H,17,19)/t11-/m0/s1. The lowest BCUT2D eigenvalue weighted by molar-refractivity contribution is 0.0727. The van der Waals surface area contributed by atoms with E-state index in [1.807, 2.05) is 11.8 Å². The second kappa shape index (κ2) is 5.40. The maximum Gasteiger partial charge on any atom is 0.255 e. The highest BCUT2D eigenvalue weighted by Crippen LogP contribution is 2.29. The Balaban J connectivity index is 1.79. The summed E-state index contributed by atoms with van der Waals surface area (Å²) in [6.45, 7) is 3.65. The van der Waals surface area contributed by atoms with Crippen molar-refractivity contribution in [2.24, 2.45) is 0 Å². The maximum absolute atomic E-state index is 12.7. The third-order valence-corrected chi connectivity index (χ3v) is 4.19. The molecular weight excluding hydrogens is 254 g/mol. The molecule has 0 aromatic carbocycles. The van der Waals surface area contributed by atoms with Crippen LogP contribution in [0.25, 0.3) is 0 Å². The van der Waals surface area contributed by atoms with Crippen LogP contribution < -0.4 is 10.9 Å². The van der Waals surface area contributed by atoms with E-state index in [2.05, 4.69) is 10.3 Å². The number of aryl methyl sites for hydroxylation is 1. The fourth-order valence-electron chi connectivity index (χ4n) is 2.89. The van der Waals surface area contributed by atoms with Gasteiger partial charge < -0.3 is 15.2 Å². The van der Waals surface area contributed by atoms with Crippen molar-refractivity contribution in [2.75, 3.05) is 13.1 Å². The van der Waals surface area contributed by atoms with Gasteiger partial charge in [-0.1, -0.05) is 0 Å². The summed E-state index contributed by atoms with van der Waals surface area (Å²) >= 11 is 0. The molecule has 1 saturated heterocycles.